The number of furan rings is 1. The number of carbonyl (C=O) groups is 3. The molecule has 1 aliphatic heterocycles. The first-order valence-electron chi connectivity index (χ1n) is 9.50. The Morgan fingerprint density at radius 1 is 1.28 bits per heavy atom. The van der Waals surface area contributed by atoms with Gasteiger partial charge in [-0.3, -0.25) is 14.4 Å². The number of anilines is 2. The second kappa shape index (κ2) is 8.48. The predicted octanol–water partition coefficient (Wildman–Crippen LogP) is 1.76. The zero-order chi connectivity index (χ0) is 21.0. The van der Waals surface area contributed by atoms with Crippen molar-refractivity contribution < 1.29 is 23.9 Å². The van der Waals surface area contributed by atoms with Crippen LogP contribution in [0.5, 0.6) is 0 Å². The third kappa shape index (κ3) is 5.23. The molecule has 29 heavy (non-hydrogen) atoms. The fourth-order valence-corrected chi connectivity index (χ4v) is 3.33. The van der Waals surface area contributed by atoms with Crippen LogP contribution in [-0.4, -0.2) is 41.5 Å². The normalized spacial score (nSPS) is 15.8. The van der Waals surface area contributed by atoms with Crippen LogP contribution in [0, 0.1) is 6.92 Å². The Hall–Kier alpha value is -3.13. The first-order chi connectivity index (χ1) is 13.7. The number of hydrogen-bond donors (Lipinski definition) is 3. The average molecular weight is 399 g/mol. The van der Waals surface area contributed by atoms with E-state index in [1.54, 1.807) is 42.2 Å². The monoisotopic (exact) mass is 399 g/mol. The summed E-state index contributed by atoms with van der Waals surface area (Å²) in [4.78, 5) is 37.9. The number of rotatable bonds is 6. The van der Waals surface area contributed by atoms with E-state index in [4.69, 9.17) is 4.42 Å². The van der Waals surface area contributed by atoms with Gasteiger partial charge in [-0.2, -0.15) is 0 Å². The molecule has 2 aromatic rings. The molecule has 2 heterocycles. The largest absolute Gasteiger partial charge is 0.469 e. The quantitative estimate of drug-likeness (QED) is 0.641. The summed E-state index contributed by atoms with van der Waals surface area (Å²) in [6, 6.07) is 8.58. The Morgan fingerprint density at radius 2 is 2.07 bits per heavy atom. The molecule has 3 amide bonds. The number of benzene rings is 1. The zero-order valence-corrected chi connectivity index (χ0v) is 16.5. The number of aryl methyl sites for hydroxylation is 1. The Morgan fingerprint density at radius 3 is 2.69 bits per heavy atom. The van der Waals surface area contributed by atoms with Gasteiger partial charge >= 0.3 is 11.8 Å². The van der Waals surface area contributed by atoms with Crippen molar-refractivity contribution in [1.29, 1.82) is 0 Å². The second-order valence-electron chi connectivity index (χ2n) is 7.54. The van der Waals surface area contributed by atoms with Crippen molar-refractivity contribution >= 4 is 29.1 Å². The fraction of sp³-hybridized carbons (Fsp3) is 0.381. The summed E-state index contributed by atoms with van der Waals surface area (Å²) in [5.41, 5.74) is 0.845. The Balaban J connectivity index is 1.54. The van der Waals surface area contributed by atoms with E-state index in [0.29, 0.717) is 24.4 Å². The lowest BCUT2D eigenvalue weighted by Gasteiger charge is -2.22. The Labute approximate surface area is 168 Å². The van der Waals surface area contributed by atoms with Gasteiger partial charge in [0.25, 0.3) is 0 Å². The maximum atomic E-state index is 12.2. The minimum absolute atomic E-state index is 0.0888. The van der Waals surface area contributed by atoms with Crippen LogP contribution in [0.1, 0.15) is 31.1 Å². The molecule has 1 aliphatic rings. The van der Waals surface area contributed by atoms with Gasteiger partial charge in [0.1, 0.15) is 5.76 Å². The van der Waals surface area contributed by atoms with Crippen LogP contribution in [-0.2, 0) is 20.8 Å². The Bertz CT molecular complexity index is 905. The van der Waals surface area contributed by atoms with E-state index in [-0.39, 0.29) is 18.9 Å². The molecule has 0 bridgehead atoms. The van der Waals surface area contributed by atoms with E-state index in [1.165, 1.54) is 6.26 Å². The third-order valence-corrected chi connectivity index (χ3v) is 4.79. The summed E-state index contributed by atoms with van der Waals surface area (Å²) >= 11 is 0. The number of amides is 3. The molecule has 1 unspecified atom stereocenters. The first kappa shape index (κ1) is 20.6. The maximum Gasteiger partial charge on any atom is 0.313 e. The van der Waals surface area contributed by atoms with Crippen molar-refractivity contribution in [3.63, 3.8) is 0 Å². The maximum absolute atomic E-state index is 12.2. The lowest BCUT2D eigenvalue weighted by Crippen LogP contribution is -2.45. The molecular formula is C21H25N3O5. The van der Waals surface area contributed by atoms with Crippen LogP contribution in [0.3, 0.4) is 0 Å². The number of aliphatic hydroxyl groups is 1. The van der Waals surface area contributed by atoms with Crippen LogP contribution < -0.4 is 15.5 Å². The molecule has 1 atom stereocenters. The highest BCUT2D eigenvalue weighted by atomic mass is 16.3. The van der Waals surface area contributed by atoms with Crippen LogP contribution in [0.25, 0.3) is 0 Å². The van der Waals surface area contributed by atoms with E-state index >= 15 is 0 Å². The number of nitrogens with one attached hydrogen (secondary N) is 2. The van der Waals surface area contributed by atoms with Gasteiger partial charge in [-0.15, -0.1) is 0 Å². The minimum Gasteiger partial charge on any atom is -0.469 e. The van der Waals surface area contributed by atoms with Gasteiger partial charge < -0.3 is 25.1 Å². The molecule has 3 rings (SSSR count). The van der Waals surface area contributed by atoms with E-state index in [2.05, 4.69) is 10.6 Å². The van der Waals surface area contributed by atoms with E-state index < -0.39 is 17.4 Å². The van der Waals surface area contributed by atoms with Crippen LogP contribution in [0.15, 0.2) is 41.0 Å². The average Bonchev–Trinajstić information content (AvgIpc) is 3.31. The van der Waals surface area contributed by atoms with Gasteiger partial charge in [0, 0.05) is 37.3 Å². The lowest BCUT2D eigenvalue weighted by molar-refractivity contribution is -0.136. The van der Waals surface area contributed by atoms with Crippen molar-refractivity contribution in [2.75, 3.05) is 23.3 Å². The van der Waals surface area contributed by atoms with Gasteiger partial charge in [-0.25, -0.2) is 0 Å². The van der Waals surface area contributed by atoms with Crippen molar-refractivity contribution in [3.05, 3.63) is 47.9 Å². The van der Waals surface area contributed by atoms with Gasteiger partial charge in [0.2, 0.25) is 5.91 Å². The van der Waals surface area contributed by atoms with Crippen LogP contribution in [0.2, 0.25) is 0 Å². The molecule has 3 N–H and O–H groups in total. The fourth-order valence-electron chi connectivity index (χ4n) is 3.33. The lowest BCUT2D eigenvalue weighted by atomic mass is 10.0. The molecule has 0 radical (unpaired) electrons. The van der Waals surface area contributed by atoms with Crippen molar-refractivity contribution in [2.24, 2.45) is 0 Å². The van der Waals surface area contributed by atoms with Crippen molar-refractivity contribution in [3.8, 4) is 0 Å². The molecule has 1 saturated heterocycles. The smallest absolute Gasteiger partial charge is 0.313 e. The molecular weight excluding hydrogens is 374 g/mol. The molecule has 0 saturated carbocycles. The highest BCUT2D eigenvalue weighted by Gasteiger charge is 2.26. The van der Waals surface area contributed by atoms with Crippen molar-refractivity contribution in [2.45, 2.75) is 38.7 Å². The van der Waals surface area contributed by atoms with Gasteiger partial charge in [-0.1, -0.05) is 0 Å². The minimum atomic E-state index is -1.26. The SMILES string of the molecule is Cc1cc(NC(=O)C(=O)NCC(C)(O)Cc2ccco2)ccc1N1CCCC1=O. The molecule has 154 valence electrons. The molecule has 8 heteroatoms. The number of nitrogens with zero attached hydrogens (tertiary/aromatic N) is 1. The summed E-state index contributed by atoms with van der Waals surface area (Å²) in [5, 5.41) is 15.3. The number of carbonyl (C=O) groups excluding carboxylic acids is 3. The molecule has 1 fully saturated rings. The number of hydrogen-bond acceptors (Lipinski definition) is 5. The van der Waals surface area contributed by atoms with E-state index in [1.807, 2.05) is 6.92 Å². The third-order valence-electron chi connectivity index (χ3n) is 4.79. The summed E-state index contributed by atoms with van der Waals surface area (Å²) in [6.07, 6.45) is 3.09. The van der Waals surface area contributed by atoms with Crippen LogP contribution in [0.4, 0.5) is 11.4 Å². The highest BCUT2D eigenvalue weighted by molar-refractivity contribution is 6.39. The molecule has 0 spiro atoms. The topological polar surface area (TPSA) is 112 Å². The summed E-state index contributed by atoms with van der Waals surface area (Å²) < 4.78 is 5.19. The van der Waals surface area contributed by atoms with Gasteiger partial charge in [0.15, 0.2) is 0 Å². The predicted molar refractivity (Wildman–Crippen MR) is 107 cm³/mol. The molecule has 8 nitrogen and oxygen atoms in total. The van der Waals surface area contributed by atoms with Crippen LogP contribution >= 0.6 is 0 Å². The molecule has 1 aromatic heterocycles. The second-order valence-corrected chi connectivity index (χ2v) is 7.54. The highest BCUT2D eigenvalue weighted by Crippen LogP contribution is 2.27. The summed E-state index contributed by atoms with van der Waals surface area (Å²) in [6.45, 7) is 3.98. The van der Waals surface area contributed by atoms with Crippen molar-refractivity contribution in [1.82, 2.24) is 5.32 Å². The zero-order valence-electron chi connectivity index (χ0n) is 16.5. The molecule has 0 aliphatic carbocycles. The Kier molecular flexibility index (Phi) is 6.03. The molecule has 1 aromatic carbocycles. The summed E-state index contributed by atoms with van der Waals surface area (Å²) in [5.74, 6) is -1.00. The van der Waals surface area contributed by atoms with Gasteiger partial charge in [-0.05, 0) is 56.2 Å². The van der Waals surface area contributed by atoms with E-state index in [9.17, 15) is 19.5 Å². The van der Waals surface area contributed by atoms with Gasteiger partial charge in [0.05, 0.1) is 11.9 Å². The first-order valence-corrected chi connectivity index (χ1v) is 9.50. The standard InChI is InChI=1S/C21H25N3O5/c1-14-11-15(7-8-17(14)24-9-3-6-18(24)25)23-20(27)19(26)22-13-21(2,28)12-16-5-4-10-29-16/h4-5,7-8,10-11,28H,3,6,9,12-13H2,1-2H3,(H,22,26)(H,23,27). The van der Waals surface area contributed by atoms with E-state index in [0.717, 1.165) is 17.7 Å². The summed E-state index contributed by atoms with van der Waals surface area (Å²) in [7, 11) is 0.